The number of halogens is 4. The Hall–Kier alpha value is -2.09. The standard InChI is InChI=1S/C16H15ClF3N2O4P/c1-3-9-6-14(22(23)24)15(27(25)26-2)8-13(9)21-12-5-4-10(7-11(12)17)16(18,19)20/h4-8,21,27H,3H2,1-2H3. The highest BCUT2D eigenvalue weighted by atomic mass is 35.5. The summed E-state index contributed by atoms with van der Waals surface area (Å²) in [7, 11) is -1.70. The highest BCUT2D eigenvalue weighted by molar-refractivity contribution is 7.48. The van der Waals surface area contributed by atoms with Crippen LogP contribution in [-0.2, 0) is 21.7 Å². The van der Waals surface area contributed by atoms with Gasteiger partial charge in [0.2, 0.25) is 8.03 Å². The molecule has 1 unspecified atom stereocenters. The third kappa shape index (κ3) is 4.80. The highest BCUT2D eigenvalue weighted by Crippen LogP contribution is 2.37. The van der Waals surface area contributed by atoms with Crippen LogP contribution in [0.1, 0.15) is 18.1 Å². The minimum absolute atomic E-state index is 0.102. The molecule has 0 aromatic heterocycles. The first kappa shape index (κ1) is 21.2. The smallest absolute Gasteiger partial charge is 0.354 e. The van der Waals surface area contributed by atoms with E-state index in [1.165, 1.54) is 19.2 Å². The molecule has 11 heteroatoms. The Bertz CT molecular complexity index is 906. The molecule has 0 radical (unpaired) electrons. The predicted octanol–water partition coefficient (Wildman–Crippen LogP) is 5.32. The van der Waals surface area contributed by atoms with Crippen molar-refractivity contribution in [3.05, 3.63) is 56.6 Å². The second-order valence-corrected chi connectivity index (χ2v) is 7.38. The minimum atomic E-state index is -4.53. The van der Waals surface area contributed by atoms with Crippen molar-refractivity contribution in [1.82, 2.24) is 0 Å². The maximum absolute atomic E-state index is 12.8. The van der Waals surface area contributed by atoms with Gasteiger partial charge in [-0.25, -0.2) is 0 Å². The van der Waals surface area contributed by atoms with E-state index in [4.69, 9.17) is 16.1 Å². The van der Waals surface area contributed by atoms with Crippen LogP contribution in [0.3, 0.4) is 0 Å². The van der Waals surface area contributed by atoms with E-state index in [0.717, 1.165) is 18.2 Å². The molecule has 2 aromatic rings. The zero-order chi connectivity index (χ0) is 20.4. The first-order valence-electron chi connectivity index (χ1n) is 7.61. The summed E-state index contributed by atoms with van der Waals surface area (Å²) in [5, 5.41) is 13.8. The summed E-state index contributed by atoms with van der Waals surface area (Å²) in [5.41, 5.74) is -0.219. The Morgan fingerprint density at radius 1 is 1.26 bits per heavy atom. The zero-order valence-corrected chi connectivity index (χ0v) is 15.9. The number of aryl methyl sites for hydroxylation is 1. The average Bonchev–Trinajstić information content (AvgIpc) is 2.61. The quantitative estimate of drug-likeness (QED) is 0.387. The van der Waals surface area contributed by atoms with Crippen LogP contribution in [0.25, 0.3) is 0 Å². The summed E-state index contributed by atoms with van der Waals surface area (Å²) in [5.74, 6) is 0. The number of nitro groups is 1. The Labute approximate surface area is 158 Å². The van der Waals surface area contributed by atoms with Crippen molar-refractivity contribution in [2.24, 2.45) is 0 Å². The molecule has 0 bridgehead atoms. The molecule has 0 spiro atoms. The molecular weight excluding hydrogens is 408 g/mol. The van der Waals surface area contributed by atoms with Crippen LogP contribution in [0.2, 0.25) is 5.02 Å². The van der Waals surface area contributed by atoms with E-state index in [9.17, 15) is 27.9 Å². The van der Waals surface area contributed by atoms with E-state index in [1.54, 1.807) is 6.92 Å². The van der Waals surface area contributed by atoms with E-state index in [-0.39, 0.29) is 21.7 Å². The number of anilines is 2. The second kappa shape index (κ2) is 8.29. The fourth-order valence-electron chi connectivity index (χ4n) is 2.40. The number of nitrogens with one attached hydrogen (secondary N) is 1. The van der Waals surface area contributed by atoms with Crippen LogP contribution in [0, 0.1) is 10.1 Å². The van der Waals surface area contributed by atoms with Crippen molar-refractivity contribution in [3.63, 3.8) is 0 Å². The van der Waals surface area contributed by atoms with Gasteiger partial charge in [-0.05, 0) is 36.2 Å². The molecule has 0 heterocycles. The molecular formula is C16H15ClF3N2O4P. The fourth-order valence-corrected chi connectivity index (χ4v) is 3.49. The van der Waals surface area contributed by atoms with Crippen LogP contribution >= 0.6 is 19.6 Å². The lowest BCUT2D eigenvalue weighted by molar-refractivity contribution is -0.383. The molecule has 0 saturated heterocycles. The lowest BCUT2D eigenvalue weighted by Crippen LogP contribution is -2.10. The van der Waals surface area contributed by atoms with Crippen LogP contribution in [0.5, 0.6) is 0 Å². The Morgan fingerprint density at radius 3 is 2.41 bits per heavy atom. The largest absolute Gasteiger partial charge is 0.416 e. The maximum atomic E-state index is 12.8. The SMILES string of the molecule is CCc1cc([N+](=O)[O-])c([PH](=O)OC)cc1Nc1ccc(C(F)(F)F)cc1Cl. The van der Waals surface area contributed by atoms with Crippen LogP contribution in [-0.4, -0.2) is 12.0 Å². The molecule has 0 aliphatic carbocycles. The van der Waals surface area contributed by atoms with Gasteiger partial charge in [-0.2, -0.15) is 13.2 Å². The van der Waals surface area contributed by atoms with Gasteiger partial charge < -0.3 is 9.84 Å². The summed E-state index contributed by atoms with van der Waals surface area (Å²) in [4.78, 5) is 10.6. The van der Waals surface area contributed by atoms with Gasteiger partial charge in [-0.15, -0.1) is 0 Å². The van der Waals surface area contributed by atoms with Gasteiger partial charge in [-0.3, -0.25) is 14.7 Å². The summed E-state index contributed by atoms with van der Waals surface area (Å²) in [6.07, 6.45) is -4.15. The Kier molecular flexibility index (Phi) is 6.51. The van der Waals surface area contributed by atoms with E-state index in [1.807, 2.05) is 0 Å². The minimum Gasteiger partial charge on any atom is -0.354 e. The van der Waals surface area contributed by atoms with Gasteiger partial charge in [0.25, 0.3) is 5.69 Å². The Balaban J connectivity index is 2.52. The maximum Gasteiger partial charge on any atom is 0.416 e. The van der Waals surface area contributed by atoms with Crippen molar-refractivity contribution < 1.29 is 27.2 Å². The van der Waals surface area contributed by atoms with Crippen molar-refractivity contribution >= 4 is 42.0 Å². The summed E-state index contributed by atoms with van der Waals surface area (Å²) < 4.78 is 55.1. The fraction of sp³-hybridized carbons (Fsp3) is 0.250. The van der Waals surface area contributed by atoms with Crippen LogP contribution in [0.4, 0.5) is 30.2 Å². The molecule has 0 aliphatic heterocycles. The molecule has 2 rings (SSSR count). The van der Waals surface area contributed by atoms with Crippen molar-refractivity contribution in [3.8, 4) is 0 Å². The average molecular weight is 423 g/mol. The van der Waals surface area contributed by atoms with Crippen molar-refractivity contribution in [2.75, 3.05) is 12.4 Å². The van der Waals surface area contributed by atoms with E-state index >= 15 is 0 Å². The van der Waals surface area contributed by atoms with Crippen molar-refractivity contribution in [2.45, 2.75) is 19.5 Å². The van der Waals surface area contributed by atoms with Gasteiger partial charge in [0.05, 0.1) is 21.2 Å². The highest BCUT2D eigenvalue weighted by Gasteiger charge is 2.31. The van der Waals surface area contributed by atoms with E-state index in [0.29, 0.717) is 17.7 Å². The van der Waals surface area contributed by atoms with Crippen molar-refractivity contribution in [1.29, 1.82) is 0 Å². The predicted molar refractivity (Wildman–Crippen MR) is 97.9 cm³/mol. The molecule has 0 fully saturated rings. The third-order valence-corrected chi connectivity index (χ3v) is 5.29. The Morgan fingerprint density at radius 2 is 1.93 bits per heavy atom. The second-order valence-electron chi connectivity index (χ2n) is 5.45. The van der Waals surface area contributed by atoms with Gasteiger partial charge >= 0.3 is 6.18 Å². The molecule has 0 saturated carbocycles. The van der Waals surface area contributed by atoms with Crippen LogP contribution in [0.15, 0.2) is 30.3 Å². The van der Waals surface area contributed by atoms with Gasteiger partial charge in [-0.1, -0.05) is 18.5 Å². The number of nitrogens with zero attached hydrogens (tertiary/aromatic N) is 1. The number of nitro benzene ring substituents is 1. The number of hydrogen-bond donors (Lipinski definition) is 1. The van der Waals surface area contributed by atoms with Gasteiger partial charge in [0, 0.05) is 18.9 Å². The number of benzene rings is 2. The molecule has 27 heavy (non-hydrogen) atoms. The van der Waals surface area contributed by atoms with E-state index in [2.05, 4.69) is 5.32 Å². The topological polar surface area (TPSA) is 81.5 Å². The van der Waals surface area contributed by atoms with Gasteiger partial charge in [0.15, 0.2) is 0 Å². The zero-order valence-electron chi connectivity index (χ0n) is 14.2. The molecule has 146 valence electrons. The third-order valence-electron chi connectivity index (χ3n) is 3.77. The molecule has 2 aromatic carbocycles. The molecule has 0 aliphatic rings. The summed E-state index contributed by atoms with van der Waals surface area (Å²) in [6, 6.07) is 5.36. The first-order valence-corrected chi connectivity index (χ1v) is 9.31. The first-order chi connectivity index (χ1) is 12.6. The normalized spacial score (nSPS) is 12.7. The molecule has 1 N–H and O–H groups in total. The summed E-state index contributed by atoms with van der Waals surface area (Å²) >= 11 is 5.94. The lowest BCUT2D eigenvalue weighted by atomic mass is 10.1. The molecule has 6 nitrogen and oxygen atoms in total. The van der Waals surface area contributed by atoms with Crippen LogP contribution < -0.4 is 10.6 Å². The molecule has 1 atom stereocenters. The number of rotatable bonds is 6. The number of alkyl halides is 3. The van der Waals surface area contributed by atoms with E-state index < -0.39 is 24.7 Å². The summed E-state index contributed by atoms with van der Waals surface area (Å²) in [6.45, 7) is 1.75. The lowest BCUT2D eigenvalue weighted by Gasteiger charge is -2.15. The molecule has 0 amide bonds. The number of hydrogen-bond acceptors (Lipinski definition) is 5. The van der Waals surface area contributed by atoms with Gasteiger partial charge in [0.1, 0.15) is 5.30 Å². The monoisotopic (exact) mass is 422 g/mol.